The lowest BCUT2D eigenvalue weighted by atomic mass is 9.84. The van der Waals surface area contributed by atoms with Crippen molar-refractivity contribution in [1.29, 1.82) is 0 Å². The third-order valence-electron chi connectivity index (χ3n) is 5.35. The monoisotopic (exact) mass is 431 g/mol. The van der Waals surface area contributed by atoms with Gasteiger partial charge >= 0.3 is 0 Å². The van der Waals surface area contributed by atoms with Gasteiger partial charge in [-0.15, -0.1) is 0 Å². The summed E-state index contributed by atoms with van der Waals surface area (Å²) in [5, 5.41) is 11.0. The minimum absolute atomic E-state index is 0.168. The fraction of sp³-hybridized carbons (Fsp3) is 0.409. The van der Waals surface area contributed by atoms with Crippen LogP contribution in [-0.2, 0) is 5.60 Å². The highest BCUT2D eigenvalue weighted by atomic mass is 79.9. The number of nitrogens with zero attached hydrogens (tertiary/aromatic N) is 1. The Balaban J connectivity index is 1.44. The number of ether oxygens (including phenoxy) is 1. The van der Waals surface area contributed by atoms with E-state index in [4.69, 9.17) is 4.74 Å². The number of carbonyl (C=O) groups excluding carboxylic acids is 1. The van der Waals surface area contributed by atoms with Crippen LogP contribution in [0.1, 0.15) is 41.6 Å². The lowest BCUT2D eigenvalue weighted by Crippen LogP contribution is -2.42. The number of halogens is 1. The molecule has 144 valence electrons. The molecule has 1 heterocycles. The van der Waals surface area contributed by atoms with Crippen LogP contribution in [0.4, 0.5) is 0 Å². The highest BCUT2D eigenvalue weighted by Gasteiger charge is 2.33. The number of hydrogen-bond acceptors (Lipinski definition) is 4. The predicted octanol–water partition coefficient (Wildman–Crippen LogP) is 4.40. The fourth-order valence-corrected chi connectivity index (χ4v) is 3.84. The van der Waals surface area contributed by atoms with E-state index in [0.29, 0.717) is 6.42 Å². The van der Waals surface area contributed by atoms with Crippen molar-refractivity contribution < 1.29 is 14.6 Å². The first-order valence-corrected chi connectivity index (χ1v) is 10.2. The third kappa shape index (κ3) is 5.18. The zero-order valence-electron chi connectivity index (χ0n) is 15.7. The highest BCUT2D eigenvalue weighted by Crippen LogP contribution is 2.33. The number of aliphatic hydroxyl groups is 1. The summed E-state index contributed by atoms with van der Waals surface area (Å²) in [4.78, 5) is 14.6. The fourth-order valence-electron chi connectivity index (χ4n) is 3.58. The number of carbonyl (C=O) groups is 1. The number of benzene rings is 2. The van der Waals surface area contributed by atoms with E-state index >= 15 is 0 Å². The Kier molecular flexibility index (Phi) is 6.68. The molecule has 27 heavy (non-hydrogen) atoms. The van der Waals surface area contributed by atoms with Crippen LogP contribution in [0.5, 0.6) is 5.75 Å². The maximum Gasteiger partial charge on any atom is 0.162 e. The van der Waals surface area contributed by atoms with Crippen LogP contribution < -0.4 is 4.74 Å². The number of rotatable bonds is 7. The van der Waals surface area contributed by atoms with E-state index in [2.05, 4.69) is 20.8 Å². The first kappa shape index (κ1) is 20.1. The van der Waals surface area contributed by atoms with Crippen molar-refractivity contribution in [2.75, 3.05) is 26.7 Å². The van der Waals surface area contributed by atoms with Gasteiger partial charge in [0.1, 0.15) is 5.75 Å². The number of hydrogen-bond donors (Lipinski definition) is 1. The van der Waals surface area contributed by atoms with Crippen molar-refractivity contribution in [3.8, 4) is 5.75 Å². The Morgan fingerprint density at radius 2 is 1.74 bits per heavy atom. The van der Waals surface area contributed by atoms with Crippen LogP contribution in [0.3, 0.4) is 0 Å². The molecule has 0 radical (unpaired) electrons. The molecule has 0 atom stereocenters. The van der Waals surface area contributed by atoms with Crippen molar-refractivity contribution in [2.45, 2.75) is 31.3 Å². The van der Waals surface area contributed by atoms with E-state index < -0.39 is 5.60 Å². The van der Waals surface area contributed by atoms with Crippen molar-refractivity contribution in [3.63, 3.8) is 0 Å². The molecule has 0 saturated carbocycles. The molecule has 5 heteroatoms. The summed E-state index contributed by atoms with van der Waals surface area (Å²) >= 11 is 3.44. The van der Waals surface area contributed by atoms with E-state index in [9.17, 15) is 9.90 Å². The molecule has 3 rings (SSSR count). The van der Waals surface area contributed by atoms with Gasteiger partial charge in [0.25, 0.3) is 0 Å². The van der Waals surface area contributed by atoms with Crippen LogP contribution in [0.25, 0.3) is 0 Å². The minimum atomic E-state index is -0.740. The Morgan fingerprint density at radius 3 is 2.33 bits per heavy atom. The molecule has 1 saturated heterocycles. The Bertz CT molecular complexity index is 750. The summed E-state index contributed by atoms with van der Waals surface area (Å²) < 4.78 is 6.15. The maximum absolute atomic E-state index is 12.3. The normalized spacial score (nSPS) is 16.9. The van der Waals surface area contributed by atoms with Crippen molar-refractivity contribution in [3.05, 3.63) is 64.1 Å². The van der Waals surface area contributed by atoms with E-state index in [1.54, 1.807) is 7.11 Å². The van der Waals surface area contributed by atoms with Gasteiger partial charge in [-0.1, -0.05) is 28.1 Å². The molecule has 1 aliphatic heterocycles. The quantitative estimate of drug-likeness (QED) is 0.659. The molecule has 1 aliphatic rings. The summed E-state index contributed by atoms with van der Waals surface area (Å²) in [6.07, 6.45) is 2.82. The number of piperidine rings is 1. The van der Waals surface area contributed by atoms with E-state index in [-0.39, 0.29) is 5.78 Å². The summed E-state index contributed by atoms with van der Waals surface area (Å²) in [7, 11) is 1.62. The smallest absolute Gasteiger partial charge is 0.162 e. The summed E-state index contributed by atoms with van der Waals surface area (Å²) in [5.74, 6) is 0.930. The lowest BCUT2D eigenvalue weighted by molar-refractivity contribution is -0.0260. The third-order valence-corrected chi connectivity index (χ3v) is 5.88. The Hall–Kier alpha value is -1.69. The molecule has 0 amide bonds. The molecule has 0 unspecified atom stereocenters. The van der Waals surface area contributed by atoms with Crippen molar-refractivity contribution in [2.24, 2.45) is 0 Å². The predicted molar refractivity (Wildman–Crippen MR) is 110 cm³/mol. The first-order valence-electron chi connectivity index (χ1n) is 9.38. The van der Waals surface area contributed by atoms with Gasteiger partial charge in [0.2, 0.25) is 0 Å². The van der Waals surface area contributed by atoms with Gasteiger partial charge in [-0.2, -0.15) is 0 Å². The van der Waals surface area contributed by atoms with Gasteiger partial charge in [0.15, 0.2) is 5.78 Å². The second kappa shape index (κ2) is 9.00. The summed E-state index contributed by atoms with van der Waals surface area (Å²) in [6.45, 7) is 2.59. The molecular formula is C22H26BrNO3. The zero-order chi connectivity index (χ0) is 19.3. The molecule has 1 fully saturated rings. The lowest BCUT2D eigenvalue weighted by Gasteiger charge is -2.38. The average molecular weight is 432 g/mol. The summed E-state index contributed by atoms with van der Waals surface area (Å²) in [5.41, 5.74) is 0.981. The first-order chi connectivity index (χ1) is 13.0. The Morgan fingerprint density at radius 1 is 1.11 bits per heavy atom. The standard InChI is InChI=1S/C22H26BrNO3/c1-27-20-10-4-17(5-11-20)21(25)3-2-14-24-15-12-22(26,13-16-24)18-6-8-19(23)9-7-18/h4-11,26H,2-3,12-16H2,1H3. The molecule has 0 aliphatic carbocycles. The topological polar surface area (TPSA) is 49.8 Å². The molecule has 0 bridgehead atoms. The van der Waals surface area contributed by atoms with Crippen molar-refractivity contribution >= 4 is 21.7 Å². The number of ketones is 1. The van der Waals surface area contributed by atoms with Crippen LogP contribution in [0, 0.1) is 0 Å². The van der Waals surface area contributed by atoms with E-state index in [1.165, 1.54) is 0 Å². The largest absolute Gasteiger partial charge is 0.497 e. The molecular weight excluding hydrogens is 406 g/mol. The minimum Gasteiger partial charge on any atom is -0.497 e. The van der Waals surface area contributed by atoms with Gasteiger partial charge in [-0.25, -0.2) is 0 Å². The van der Waals surface area contributed by atoms with Gasteiger partial charge in [0.05, 0.1) is 12.7 Å². The molecule has 0 aromatic heterocycles. The highest BCUT2D eigenvalue weighted by molar-refractivity contribution is 9.10. The number of Topliss-reactive ketones (excluding diaryl/α,β-unsaturated/α-hetero) is 1. The molecule has 2 aromatic carbocycles. The van der Waals surface area contributed by atoms with Crippen LogP contribution in [-0.4, -0.2) is 42.5 Å². The second-order valence-corrected chi connectivity index (χ2v) is 8.05. The van der Waals surface area contributed by atoms with Crippen molar-refractivity contribution in [1.82, 2.24) is 4.90 Å². The second-order valence-electron chi connectivity index (χ2n) is 7.14. The average Bonchev–Trinajstić information content (AvgIpc) is 2.70. The van der Waals surface area contributed by atoms with Crippen LogP contribution >= 0.6 is 15.9 Å². The molecule has 2 aromatic rings. The van der Waals surface area contributed by atoms with Crippen LogP contribution in [0.2, 0.25) is 0 Å². The van der Waals surface area contributed by atoms with Gasteiger partial charge < -0.3 is 14.7 Å². The molecule has 1 N–H and O–H groups in total. The summed E-state index contributed by atoms with van der Waals surface area (Å²) in [6, 6.07) is 15.2. The Labute approximate surface area is 169 Å². The zero-order valence-corrected chi connectivity index (χ0v) is 17.2. The van der Waals surface area contributed by atoms with E-state index in [1.807, 2.05) is 48.5 Å². The maximum atomic E-state index is 12.3. The number of methoxy groups -OCH3 is 1. The van der Waals surface area contributed by atoms with Gasteiger partial charge in [0, 0.05) is 29.5 Å². The van der Waals surface area contributed by atoms with E-state index in [0.717, 1.165) is 60.2 Å². The SMILES string of the molecule is COc1ccc(C(=O)CCCN2CCC(O)(c3ccc(Br)cc3)CC2)cc1. The number of likely N-dealkylation sites (tertiary alicyclic amines) is 1. The van der Waals surface area contributed by atoms with Gasteiger partial charge in [-0.3, -0.25) is 4.79 Å². The molecule has 4 nitrogen and oxygen atoms in total. The molecule has 0 spiro atoms. The van der Waals surface area contributed by atoms with Crippen LogP contribution in [0.15, 0.2) is 53.0 Å². The van der Waals surface area contributed by atoms with Gasteiger partial charge in [-0.05, 0) is 67.8 Å².